The zero-order chi connectivity index (χ0) is 23.0. The quantitative estimate of drug-likeness (QED) is 0.261. The highest BCUT2D eigenvalue weighted by Crippen LogP contribution is 2.30. The molecule has 0 bridgehead atoms. The summed E-state index contributed by atoms with van der Waals surface area (Å²) in [6.07, 6.45) is 3.47. The lowest BCUT2D eigenvalue weighted by Gasteiger charge is -2.05. The number of rotatable bonds is 6. The van der Waals surface area contributed by atoms with E-state index in [9.17, 15) is 0 Å². The van der Waals surface area contributed by atoms with Crippen LogP contribution in [0.15, 0.2) is 131 Å². The largest absolute Gasteiger partial charge is 0.254 e. The Labute approximate surface area is 199 Å². The van der Waals surface area contributed by atoms with Gasteiger partial charge in [-0.15, -0.1) is 10.2 Å². The summed E-state index contributed by atoms with van der Waals surface area (Å²) in [5.74, 6) is 0. The fourth-order valence-corrected chi connectivity index (χ4v) is 3.66. The second kappa shape index (κ2) is 10.3. The van der Waals surface area contributed by atoms with Crippen LogP contribution in [0.2, 0.25) is 0 Å². The van der Waals surface area contributed by atoms with Crippen molar-refractivity contribution in [1.29, 1.82) is 0 Å². The SMILES string of the molecule is C(=Nc1ccccc1-c1ccccc1)c1ccc(C=Nc2ccccc2-c2ccccc2)nn1. The van der Waals surface area contributed by atoms with Crippen LogP contribution in [0.4, 0.5) is 11.4 Å². The van der Waals surface area contributed by atoms with Crippen molar-refractivity contribution in [2.24, 2.45) is 9.98 Å². The standard InChI is InChI=1S/C30H22N4/c1-3-11-23(12-4-1)27-15-7-9-17-29(27)31-21-25-19-20-26(34-33-25)22-32-30-18-10-8-16-28(30)24-13-5-2-6-14-24/h1-22H. The Hall–Kier alpha value is -4.70. The fraction of sp³-hybridized carbons (Fsp3) is 0. The van der Waals surface area contributed by atoms with Crippen molar-refractivity contribution in [2.75, 3.05) is 0 Å². The molecule has 0 aliphatic rings. The van der Waals surface area contributed by atoms with E-state index in [2.05, 4.69) is 56.6 Å². The minimum Gasteiger partial charge on any atom is -0.254 e. The first-order valence-electron chi connectivity index (χ1n) is 11.1. The van der Waals surface area contributed by atoms with E-state index < -0.39 is 0 Å². The molecule has 0 spiro atoms. The van der Waals surface area contributed by atoms with E-state index in [4.69, 9.17) is 0 Å². The number of para-hydroxylation sites is 2. The Balaban J connectivity index is 1.34. The van der Waals surface area contributed by atoms with Crippen LogP contribution in [0.3, 0.4) is 0 Å². The molecule has 1 aromatic heterocycles. The summed E-state index contributed by atoms with van der Waals surface area (Å²) in [5, 5.41) is 8.60. The van der Waals surface area contributed by atoms with Crippen LogP contribution in [0, 0.1) is 0 Å². The van der Waals surface area contributed by atoms with Crippen LogP contribution in [-0.2, 0) is 0 Å². The maximum atomic E-state index is 4.66. The van der Waals surface area contributed by atoms with Gasteiger partial charge >= 0.3 is 0 Å². The molecule has 0 saturated carbocycles. The molecule has 0 unspecified atom stereocenters. The smallest absolute Gasteiger partial charge is 0.104 e. The van der Waals surface area contributed by atoms with Crippen molar-refractivity contribution < 1.29 is 0 Å². The summed E-state index contributed by atoms with van der Waals surface area (Å²) in [6, 6.07) is 40.4. The Morgan fingerprint density at radius 3 is 1.21 bits per heavy atom. The highest BCUT2D eigenvalue weighted by atomic mass is 15.1. The van der Waals surface area contributed by atoms with Gasteiger partial charge in [-0.1, -0.05) is 97.1 Å². The van der Waals surface area contributed by atoms with Gasteiger partial charge < -0.3 is 0 Å². The molecule has 5 rings (SSSR count). The highest BCUT2D eigenvalue weighted by Gasteiger charge is 2.04. The molecule has 34 heavy (non-hydrogen) atoms. The number of nitrogens with zero attached hydrogens (tertiary/aromatic N) is 4. The Bertz CT molecular complexity index is 1310. The average molecular weight is 439 g/mol. The van der Waals surface area contributed by atoms with Crippen molar-refractivity contribution in [3.63, 3.8) is 0 Å². The van der Waals surface area contributed by atoms with Crippen molar-refractivity contribution in [1.82, 2.24) is 10.2 Å². The van der Waals surface area contributed by atoms with Gasteiger partial charge in [-0.2, -0.15) is 0 Å². The van der Waals surface area contributed by atoms with Crippen LogP contribution in [0.25, 0.3) is 22.3 Å². The summed E-state index contributed by atoms with van der Waals surface area (Å²) in [6.45, 7) is 0. The summed E-state index contributed by atoms with van der Waals surface area (Å²) in [7, 11) is 0. The third kappa shape index (κ3) is 5.03. The molecular weight excluding hydrogens is 416 g/mol. The van der Waals surface area contributed by atoms with Gasteiger partial charge in [-0.3, -0.25) is 9.98 Å². The van der Waals surface area contributed by atoms with Gasteiger partial charge in [-0.05, 0) is 35.4 Å². The van der Waals surface area contributed by atoms with Crippen molar-refractivity contribution in [2.45, 2.75) is 0 Å². The topological polar surface area (TPSA) is 50.5 Å². The Morgan fingerprint density at radius 2 is 0.794 bits per heavy atom. The first-order chi connectivity index (χ1) is 16.9. The molecule has 0 saturated heterocycles. The molecule has 4 heteroatoms. The number of benzene rings is 4. The van der Waals surface area contributed by atoms with Gasteiger partial charge in [-0.25, -0.2) is 0 Å². The monoisotopic (exact) mass is 438 g/mol. The number of aliphatic imine (C=N–C) groups is 2. The lowest BCUT2D eigenvalue weighted by atomic mass is 10.0. The molecule has 4 aromatic carbocycles. The van der Waals surface area contributed by atoms with Gasteiger partial charge in [0.2, 0.25) is 0 Å². The van der Waals surface area contributed by atoms with Crippen molar-refractivity contribution >= 4 is 23.8 Å². The predicted octanol–water partition coefficient (Wildman–Crippen LogP) is 7.31. The van der Waals surface area contributed by atoms with E-state index in [-0.39, 0.29) is 0 Å². The van der Waals surface area contributed by atoms with E-state index in [1.165, 1.54) is 0 Å². The number of hydrogen-bond acceptors (Lipinski definition) is 4. The van der Waals surface area contributed by atoms with E-state index in [1.807, 2.05) is 84.9 Å². The molecule has 0 fully saturated rings. The third-order valence-corrected chi connectivity index (χ3v) is 5.36. The van der Waals surface area contributed by atoms with Crippen LogP contribution in [-0.4, -0.2) is 22.6 Å². The minimum absolute atomic E-state index is 0.685. The second-order valence-electron chi connectivity index (χ2n) is 7.67. The average Bonchev–Trinajstić information content (AvgIpc) is 2.93. The molecule has 0 radical (unpaired) electrons. The van der Waals surface area contributed by atoms with E-state index in [1.54, 1.807) is 12.4 Å². The number of hydrogen-bond donors (Lipinski definition) is 0. The van der Waals surface area contributed by atoms with Gasteiger partial charge in [0.15, 0.2) is 0 Å². The van der Waals surface area contributed by atoms with Gasteiger partial charge in [0.25, 0.3) is 0 Å². The van der Waals surface area contributed by atoms with Crippen LogP contribution >= 0.6 is 0 Å². The first-order valence-corrected chi connectivity index (χ1v) is 11.1. The summed E-state index contributed by atoms with van der Waals surface area (Å²) in [5.41, 5.74) is 7.56. The maximum absolute atomic E-state index is 4.66. The molecule has 5 aromatic rings. The van der Waals surface area contributed by atoms with Crippen molar-refractivity contribution in [3.05, 3.63) is 133 Å². The Morgan fingerprint density at radius 1 is 0.412 bits per heavy atom. The van der Waals surface area contributed by atoms with Gasteiger partial charge in [0.05, 0.1) is 23.8 Å². The minimum atomic E-state index is 0.685. The normalized spacial score (nSPS) is 11.3. The third-order valence-electron chi connectivity index (χ3n) is 5.36. The van der Waals surface area contributed by atoms with Crippen LogP contribution < -0.4 is 0 Å². The van der Waals surface area contributed by atoms with Crippen LogP contribution in [0.5, 0.6) is 0 Å². The molecule has 0 aliphatic carbocycles. The first kappa shape index (κ1) is 21.2. The zero-order valence-electron chi connectivity index (χ0n) is 18.5. The highest BCUT2D eigenvalue weighted by molar-refractivity contribution is 5.86. The fourth-order valence-electron chi connectivity index (χ4n) is 3.66. The molecule has 4 nitrogen and oxygen atoms in total. The van der Waals surface area contributed by atoms with E-state index in [0.717, 1.165) is 33.6 Å². The Kier molecular flexibility index (Phi) is 6.40. The molecule has 1 heterocycles. The van der Waals surface area contributed by atoms with Crippen molar-refractivity contribution in [3.8, 4) is 22.3 Å². The summed E-state index contributed by atoms with van der Waals surface area (Å²) >= 11 is 0. The molecule has 0 N–H and O–H groups in total. The van der Waals surface area contributed by atoms with Crippen LogP contribution in [0.1, 0.15) is 11.4 Å². The molecule has 0 atom stereocenters. The van der Waals surface area contributed by atoms with Gasteiger partial charge in [0.1, 0.15) is 11.4 Å². The zero-order valence-corrected chi connectivity index (χ0v) is 18.5. The number of aromatic nitrogens is 2. The second-order valence-corrected chi connectivity index (χ2v) is 7.67. The lowest BCUT2D eigenvalue weighted by Crippen LogP contribution is -1.95. The van der Waals surface area contributed by atoms with Gasteiger partial charge in [0, 0.05) is 11.1 Å². The van der Waals surface area contributed by atoms with E-state index in [0.29, 0.717) is 11.4 Å². The summed E-state index contributed by atoms with van der Waals surface area (Å²) < 4.78 is 0. The predicted molar refractivity (Wildman–Crippen MR) is 140 cm³/mol. The molecule has 0 aliphatic heterocycles. The lowest BCUT2D eigenvalue weighted by molar-refractivity contribution is 1.01. The van der Waals surface area contributed by atoms with E-state index >= 15 is 0 Å². The molecule has 0 amide bonds. The molecule has 162 valence electrons. The summed E-state index contributed by atoms with van der Waals surface area (Å²) in [4.78, 5) is 9.32. The molecular formula is C30H22N4. The maximum Gasteiger partial charge on any atom is 0.104 e.